The highest BCUT2D eigenvalue weighted by Gasteiger charge is 2.22. The number of benzene rings is 1. The van der Waals surface area contributed by atoms with Crippen molar-refractivity contribution >= 4 is 16.8 Å². The fraction of sp³-hybridized carbons (Fsp3) is 0.550. The molecule has 1 aliphatic heterocycles. The number of carbonyl (C=O) groups excluding carboxylic acids is 1. The summed E-state index contributed by atoms with van der Waals surface area (Å²) >= 11 is 0. The molecule has 2 N–H and O–H groups in total. The number of ether oxygens (including phenoxy) is 1. The third-order valence-corrected chi connectivity index (χ3v) is 4.92. The van der Waals surface area contributed by atoms with Crippen LogP contribution in [0, 0.1) is 19.8 Å². The summed E-state index contributed by atoms with van der Waals surface area (Å²) in [6, 6.07) is 5.87. The SMILES string of the molecule is Cc1[nH]c2c(C(=O)NCC3CN(CC(C)C)CCO3)cccc2c1C. The van der Waals surface area contributed by atoms with Crippen LogP contribution in [0.2, 0.25) is 0 Å². The van der Waals surface area contributed by atoms with Crippen molar-refractivity contribution in [2.24, 2.45) is 5.92 Å². The van der Waals surface area contributed by atoms with Crippen LogP contribution in [0.15, 0.2) is 18.2 Å². The summed E-state index contributed by atoms with van der Waals surface area (Å²) < 4.78 is 5.82. The topological polar surface area (TPSA) is 57.4 Å². The van der Waals surface area contributed by atoms with Gasteiger partial charge in [0.25, 0.3) is 5.91 Å². The van der Waals surface area contributed by atoms with Gasteiger partial charge in [0.1, 0.15) is 0 Å². The van der Waals surface area contributed by atoms with E-state index in [-0.39, 0.29) is 12.0 Å². The zero-order chi connectivity index (χ0) is 18.0. The number of amides is 1. The zero-order valence-electron chi connectivity index (χ0n) is 15.7. The Bertz CT molecular complexity index is 751. The molecule has 0 spiro atoms. The molecular formula is C20H29N3O2. The minimum atomic E-state index is -0.0450. The monoisotopic (exact) mass is 343 g/mol. The van der Waals surface area contributed by atoms with Gasteiger partial charge in [-0.05, 0) is 31.4 Å². The number of aryl methyl sites for hydroxylation is 2. The lowest BCUT2D eigenvalue weighted by molar-refractivity contribution is -0.0295. The minimum Gasteiger partial charge on any atom is -0.374 e. The lowest BCUT2D eigenvalue weighted by Crippen LogP contribution is -2.48. The molecule has 2 aromatic rings. The number of hydrogen-bond donors (Lipinski definition) is 2. The van der Waals surface area contributed by atoms with Crippen LogP contribution in [-0.2, 0) is 4.74 Å². The predicted molar refractivity (Wildman–Crippen MR) is 101 cm³/mol. The summed E-state index contributed by atoms with van der Waals surface area (Å²) in [6.07, 6.45) is 0.0581. The molecule has 136 valence electrons. The van der Waals surface area contributed by atoms with Crippen molar-refractivity contribution in [2.45, 2.75) is 33.8 Å². The predicted octanol–water partition coefficient (Wildman–Crippen LogP) is 2.87. The van der Waals surface area contributed by atoms with Crippen LogP contribution >= 0.6 is 0 Å². The van der Waals surface area contributed by atoms with Crippen LogP contribution in [0.25, 0.3) is 10.9 Å². The molecule has 3 rings (SSSR count). The van der Waals surface area contributed by atoms with Gasteiger partial charge in [0.15, 0.2) is 0 Å². The van der Waals surface area contributed by atoms with Crippen molar-refractivity contribution in [2.75, 3.05) is 32.8 Å². The Kier molecular flexibility index (Phi) is 5.45. The molecular weight excluding hydrogens is 314 g/mol. The normalized spacial score (nSPS) is 18.8. The lowest BCUT2D eigenvalue weighted by atomic mass is 10.1. The second-order valence-electron chi connectivity index (χ2n) is 7.46. The molecule has 5 nitrogen and oxygen atoms in total. The third kappa shape index (κ3) is 4.05. The second kappa shape index (κ2) is 7.58. The van der Waals surface area contributed by atoms with Crippen molar-refractivity contribution in [1.29, 1.82) is 0 Å². The Hall–Kier alpha value is -1.85. The van der Waals surface area contributed by atoms with Crippen molar-refractivity contribution in [3.63, 3.8) is 0 Å². The fourth-order valence-electron chi connectivity index (χ4n) is 3.56. The molecule has 5 heteroatoms. The van der Waals surface area contributed by atoms with Gasteiger partial charge in [0.05, 0.1) is 23.8 Å². The summed E-state index contributed by atoms with van der Waals surface area (Å²) in [5, 5.41) is 4.17. The van der Waals surface area contributed by atoms with E-state index in [9.17, 15) is 4.79 Å². The van der Waals surface area contributed by atoms with Crippen molar-refractivity contribution < 1.29 is 9.53 Å². The van der Waals surface area contributed by atoms with E-state index in [0.29, 0.717) is 18.0 Å². The van der Waals surface area contributed by atoms with Crippen LogP contribution in [0.5, 0.6) is 0 Å². The maximum Gasteiger partial charge on any atom is 0.253 e. The summed E-state index contributed by atoms with van der Waals surface area (Å²) in [7, 11) is 0. The molecule has 0 radical (unpaired) electrons. The number of hydrogen-bond acceptors (Lipinski definition) is 3. The highest BCUT2D eigenvalue weighted by atomic mass is 16.5. The van der Waals surface area contributed by atoms with Crippen LogP contribution in [0.4, 0.5) is 0 Å². The molecule has 1 aromatic heterocycles. The summed E-state index contributed by atoms with van der Waals surface area (Å²) in [4.78, 5) is 18.4. The number of aromatic amines is 1. The van der Waals surface area contributed by atoms with Crippen LogP contribution < -0.4 is 5.32 Å². The van der Waals surface area contributed by atoms with E-state index in [0.717, 1.165) is 42.8 Å². The first-order valence-electron chi connectivity index (χ1n) is 9.15. The molecule has 0 saturated carbocycles. The summed E-state index contributed by atoms with van der Waals surface area (Å²) in [5.74, 6) is 0.599. The Morgan fingerprint density at radius 2 is 2.20 bits per heavy atom. The minimum absolute atomic E-state index is 0.0450. The van der Waals surface area contributed by atoms with E-state index >= 15 is 0 Å². The molecule has 1 fully saturated rings. The molecule has 1 aliphatic rings. The molecule has 0 bridgehead atoms. The van der Waals surface area contributed by atoms with Crippen LogP contribution in [0.1, 0.15) is 35.5 Å². The second-order valence-corrected chi connectivity index (χ2v) is 7.46. The standard InChI is InChI=1S/C20H29N3O2/c1-13(2)11-23-8-9-25-16(12-23)10-21-20(24)18-7-5-6-17-14(3)15(4)22-19(17)18/h5-7,13,16,22H,8-12H2,1-4H3,(H,21,24). The number of aromatic nitrogens is 1. The number of nitrogens with one attached hydrogen (secondary N) is 2. The van der Waals surface area contributed by atoms with Crippen molar-refractivity contribution in [3.8, 4) is 0 Å². The summed E-state index contributed by atoms with van der Waals surface area (Å²) in [5.41, 5.74) is 3.92. The highest BCUT2D eigenvalue weighted by molar-refractivity contribution is 6.06. The number of carbonyl (C=O) groups is 1. The average molecular weight is 343 g/mol. The molecule has 25 heavy (non-hydrogen) atoms. The number of morpholine rings is 1. The Morgan fingerprint density at radius 3 is 2.96 bits per heavy atom. The van der Waals surface area contributed by atoms with Crippen LogP contribution in [-0.4, -0.2) is 54.7 Å². The first-order valence-corrected chi connectivity index (χ1v) is 9.15. The quantitative estimate of drug-likeness (QED) is 0.878. The van der Waals surface area contributed by atoms with E-state index in [1.807, 2.05) is 19.1 Å². The van der Waals surface area contributed by atoms with Gasteiger partial charge < -0.3 is 15.0 Å². The van der Waals surface area contributed by atoms with Crippen LogP contribution in [0.3, 0.4) is 0 Å². The van der Waals surface area contributed by atoms with Gasteiger partial charge in [-0.3, -0.25) is 9.69 Å². The van der Waals surface area contributed by atoms with E-state index in [1.165, 1.54) is 5.56 Å². The molecule has 1 unspecified atom stereocenters. The smallest absolute Gasteiger partial charge is 0.253 e. The third-order valence-electron chi connectivity index (χ3n) is 4.92. The average Bonchev–Trinajstić information content (AvgIpc) is 2.87. The van der Waals surface area contributed by atoms with Gasteiger partial charge in [-0.2, -0.15) is 0 Å². The van der Waals surface area contributed by atoms with Gasteiger partial charge in [-0.1, -0.05) is 26.0 Å². The van der Waals surface area contributed by atoms with Crippen molar-refractivity contribution in [3.05, 3.63) is 35.0 Å². The fourth-order valence-corrected chi connectivity index (χ4v) is 3.56. The number of para-hydroxylation sites is 1. The van der Waals surface area contributed by atoms with E-state index in [1.54, 1.807) is 0 Å². The molecule has 1 saturated heterocycles. The van der Waals surface area contributed by atoms with E-state index < -0.39 is 0 Å². The number of rotatable bonds is 5. The van der Waals surface area contributed by atoms with Gasteiger partial charge in [-0.15, -0.1) is 0 Å². The number of H-pyrrole nitrogens is 1. The first-order chi connectivity index (χ1) is 12.0. The highest BCUT2D eigenvalue weighted by Crippen LogP contribution is 2.24. The van der Waals surface area contributed by atoms with Gasteiger partial charge in [-0.25, -0.2) is 0 Å². The number of fused-ring (bicyclic) bond motifs is 1. The van der Waals surface area contributed by atoms with Gasteiger partial charge in [0, 0.05) is 37.3 Å². The molecule has 2 heterocycles. The largest absolute Gasteiger partial charge is 0.374 e. The molecule has 1 atom stereocenters. The summed E-state index contributed by atoms with van der Waals surface area (Å²) in [6.45, 7) is 12.8. The van der Waals surface area contributed by atoms with E-state index in [4.69, 9.17) is 4.74 Å². The van der Waals surface area contributed by atoms with Crippen molar-refractivity contribution in [1.82, 2.24) is 15.2 Å². The molecule has 1 aromatic carbocycles. The number of nitrogens with zero attached hydrogens (tertiary/aromatic N) is 1. The molecule has 0 aliphatic carbocycles. The Balaban J connectivity index is 1.64. The Labute approximate surface area is 149 Å². The van der Waals surface area contributed by atoms with Gasteiger partial charge in [0.2, 0.25) is 0 Å². The van der Waals surface area contributed by atoms with E-state index in [2.05, 4.69) is 42.0 Å². The van der Waals surface area contributed by atoms with Gasteiger partial charge >= 0.3 is 0 Å². The Morgan fingerprint density at radius 1 is 1.40 bits per heavy atom. The molecule has 1 amide bonds. The zero-order valence-corrected chi connectivity index (χ0v) is 15.7. The maximum atomic E-state index is 12.7. The first kappa shape index (κ1) is 18.0. The maximum absolute atomic E-state index is 12.7. The lowest BCUT2D eigenvalue weighted by Gasteiger charge is -2.33.